The van der Waals surface area contributed by atoms with E-state index in [-0.39, 0.29) is 47.3 Å². The lowest BCUT2D eigenvalue weighted by Gasteiger charge is -2.34. The quantitative estimate of drug-likeness (QED) is 0.785. The summed E-state index contributed by atoms with van der Waals surface area (Å²) in [5, 5.41) is 6.56. The number of nitrogens with zero attached hydrogens (tertiary/aromatic N) is 2. The summed E-state index contributed by atoms with van der Waals surface area (Å²) in [5.41, 5.74) is 0.765. The van der Waals surface area contributed by atoms with Crippen molar-refractivity contribution in [3.8, 4) is 0 Å². The van der Waals surface area contributed by atoms with Gasteiger partial charge in [0.1, 0.15) is 16.3 Å². The number of hydrogen-bond donors (Lipinski definition) is 1. The highest BCUT2D eigenvalue weighted by molar-refractivity contribution is 7.89. The van der Waals surface area contributed by atoms with Crippen LogP contribution < -0.4 is 5.32 Å². The van der Waals surface area contributed by atoms with E-state index in [1.165, 1.54) is 22.5 Å². The van der Waals surface area contributed by atoms with E-state index in [1.807, 2.05) is 13.8 Å². The normalized spacial score (nSPS) is 20.9. The number of ether oxygens (including phenoxy) is 1. The van der Waals surface area contributed by atoms with Crippen LogP contribution in [-0.2, 0) is 21.3 Å². The van der Waals surface area contributed by atoms with Crippen molar-refractivity contribution >= 4 is 27.5 Å². The molecule has 0 aliphatic carbocycles. The van der Waals surface area contributed by atoms with E-state index in [0.29, 0.717) is 11.5 Å². The molecule has 10 heteroatoms. The maximum absolute atomic E-state index is 13.1. The van der Waals surface area contributed by atoms with Gasteiger partial charge in [0.05, 0.1) is 23.8 Å². The number of hydrogen-bond acceptors (Lipinski definition) is 6. The van der Waals surface area contributed by atoms with Crippen LogP contribution in [0.3, 0.4) is 0 Å². The van der Waals surface area contributed by atoms with Crippen LogP contribution >= 0.6 is 11.6 Å². The van der Waals surface area contributed by atoms with Crippen molar-refractivity contribution in [3.05, 3.63) is 46.3 Å². The Morgan fingerprint density at radius 1 is 1.29 bits per heavy atom. The monoisotopic (exact) mass is 427 g/mol. The molecule has 8 nitrogen and oxygen atoms in total. The van der Waals surface area contributed by atoms with Crippen molar-refractivity contribution in [1.82, 2.24) is 14.8 Å². The highest BCUT2D eigenvalue weighted by Gasteiger charge is 2.33. The van der Waals surface area contributed by atoms with E-state index in [9.17, 15) is 13.2 Å². The maximum Gasteiger partial charge on any atom is 0.251 e. The van der Waals surface area contributed by atoms with Gasteiger partial charge in [0.15, 0.2) is 0 Å². The van der Waals surface area contributed by atoms with E-state index in [1.54, 1.807) is 13.0 Å². The molecule has 0 saturated carbocycles. The number of rotatable bonds is 5. The molecule has 2 aromatic rings. The first-order chi connectivity index (χ1) is 13.2. The second-order valence-corrected chi connectivity index (χ2v) is 9.15. The van der Waals surface area contributed by atoms with Crippen molar-refractivity contribution in [2.24, 2.45) is 0 Å². The van der Waals surface area contributed by atoms with Crippen molar-refractivity contribution < 1.29 is 22.5 Å². The first-order valence-electron chi connectivity index (χ1n) is 8.82. The van der Waals surface area contributed by atoms with Crippen LogP contribution in [-0.4, -0.2) is 49.1 Å². The van der Waals surface area contributed by atoms with Crippen LogP contribution in [0.5, 0.6) is 0 Å². The van der Waals surface area contributed by atoms with Crippen LogP contribution in [0.1, 0.15) is 35.7 Å². The minimum Gasteiger partial charge on any atom is -0.373 e. The van der Waals surface area contributed by atoms with Crippen molar-refractivity contribution in [3.63, 3.8) is 0 Å². The highest BCUT2D eigenvalue weighted by Crippen LogP contribution is 2.28. The lowest BCUT2D eigenvalue weighted by atomic mass is 10.2. The summed E-state index contributed by atoms with van der Waals surface area (Å²) in [4.78, 5) is 12.4. The molecule has 1 aromatic carbocycles. The molecule has 2 atom stereocenters. The van der Waals surface area contributed by atoms with Crippen LogP contribution in [0.25, 0.3) is 0 Å². The summed E-state index contributed by atoms with van der Waals surface area (Å²) in [6.07, 6.45) is -0.454. The van der Waals surface area contributed by atoms with E-state index in [4.69, 9.17) is 20.9 Å². The number of halogens is 1. The largest absolute Gasteiger partial charge is 0.373 e. The predicted molar refractivity (Wildman–Crippen MR) is 103 cm³/mol. The topological polar surface area (TPSA) is 102 Å². The Labute approximate surface area is 168 Å². The van der Waals surface area contributed by atoms with Gasteiger partial charge in [-0.1, -0.05) is 16.8 Å². The Morgan fingerprint density at radius 3 is 2.57 bits per heavy atom. The molecule has 1 N–H and O–H groups in total. The molecule has 0 spiro atoms. The zero-order chi connectivity index (χ0) is 20.5. The Balaban J connectivity index is 1.81. The van der Waals surface area contributed by atoms with Crippen LogP contribution in [0.4, 0.5) is 0 Å². The standard InChI is InChI=1S/C18H22ClN3O5S/c1-11-6-15(21-27-11)8-20-18(23)14-4-5-16(19)17(7-14)28(24,25)22-9-12(2)26-13(3)10-22/h4-7,12-13H,8-10H2,1-3H3,(H,20,23). The fourth-order valence-electron chi connectivity index (χ4n) is 3.08. The smallest absolute Gasteiger partial charge is 0.251 e. The SMILES string of the molecule is Cc1cc(CNC(=O)c2ccc(Cl)c(S(=O)(=O)N3CC(C)OC(C)C3)c2)no1. The minimum atomic E-state index is -3.86. The summed E-state index contributed by atoms with van der Waals surface area (Å²) >= 11 is 6.16. The minimum absolute atomic E-state index is 0.0653. The zero-order valence-electron chi connectivity index (χ0n) is 15.8. The molecular weight excluding hydrogens is 406 g/mol. The Kier molecular flexibility index (Phi) is 6.09. The lowest BCUT2D eigenvalue weighted by Crippen LogP contribution is -2.48. The van der Waals surface area contributed by atoms with Gasteiger partial charge < -0.3 is 14.6 Å². The molecule has 1 aliphatic heterocycles. The first kappa shape index (κ1) is 20.8. The van der Waals surface area contributed by atoms with E-state index in [2.05, 4.69) is 10.5 Å². The third-order valence-electron chi connectivity index (χ3n) is 4.30. The van der Waals surface area contributed by atoms with Gasteiger partial charge in [-0.2, -0.15) is 4.31 Å². The summed E-state index contributed by atoms with van der Waals surface area (Å²) in [6, 6.07) is 5.90. The molecule has 1 amide bonds. The van der Waals surface area contributed by atoms with Crippen LogP contribution in [0.15, 0.2) is 33.7 Å². The highest BCUT2D eigenvalue weighted by atomic mass is 35.5. The molecular formula is C18H22ClN3O5S. The van der Waals surface area contributed by atoms with Gasteiger partial charge in [0.25, 0.3) is 5.91 Å². The number of morpholine rings is 1. The average molecular weight is 428 g/mol. The molecule has 3 rings (SSSR count). The molecule has 1 aliphatic rings. The molecule has 28 heavy (non-hydrogen) atoms. The summed E-state index contributed by atoms with van der Waals surface area (Å²) < 4.78 is 38.1. The van der Waals surface area contributed by atoms with E-state index >= 15 is 0 Å². The molecule has 2 unspecified atom stereocenters. The molecule has 1 saturated heterocycles. The number of aromatic nitrogens is 1. The molecule has 1 aromatic heterocycles. The van der Waals surface area contributed by atoms with Gasteiger partial charge in [-0.25, -0.2) is 8.42 Å². The molecule has 0 bridgehead atoms. The zero-order valence-corrected chi connectivity index (χ0v) is 17.4. The van der Waals surface area contributed by atoms with E-state index in [0.717, 1.165) is 0 Å². The Hall–Kier alpha value is -1.94. The second kappa shape index (κ2) is 8.20. The number of benzene rings is 1. The van der Waals surface area contributed by atoms with Crippen LogP contribution in [0.2, 0.25) is 5.02 Å². The van der Waals surface area contributed by atoms with Gasteiger partial charge in [0, 0.05) is 24.7 Å². The van der Waals surface area contributed by atoms with Gasteiger partial charge in [-0.15, -0.1) is 0 Å². The summed E-state index contributed by atoms with van der Waals surface area (Å²) in [7, 11) is -3.86. The Bertz CT molecular complexity index is 965. The third kappa shape index (κ3) is 4.54. The van der Waals surface area contributed by atoms with Crippen molar-refractivity contribution in [1.29, 1.82) is 0 Å². The molecule has 1 fully saturated rings. The second-order valence-electron chi connectivity index (χ2n) is 6.84. The van der Waals surface area contributed by atoms with Gasteiger partial charge >= 0.3 is 0 Å². The number of nitrogens with one attached hydrogen (secondary N) is 1. The van der Waals surface area contributed by atoms with Crippen molar-refractivity contribution in [2.45, 2.75) is 44.4 Å². The average Bonchev–Trinajstić information content (AvgIpc) is 3.04. The van der Waals surface area contributed by atoms with Gasteiger partial charge in [0.2, 0.25) is 10.0 Å². The fraction of sp³-hybridized carbons (Fsp3) is 0.444. The molecule has 0 radical (unpaired) electrons. The summed E-state index contributed by atoms with van der Waals surface area (Å²) in [5.74, 6) is 0.204. The summed E-state index contributed by atoms with van der Waals surface area (Å²) in [6.45, 7) is 6.00. The number of carbonyl (C=O) groups excluding carboxylic acids is 1. The Morgan fingerprint density at radius 2 is 1.96 bits per heavy atom. The van der Waals surface area contributed by atoms with Crippen molar-refractivity contribution in [2.75, 3.05) is 13.1 Å². The number of amides is 1. The van der Waals surface area contributed by atoms with Gasteiger partial charge in [-0.05, 0) is 39.0 Å². The maximum atomic E-state index is 13.1. The number of aryl methyl sites for hydroxylation is 1. The molecule has 2 heterocycles. The fourth-order valence-corrected chi connectivity index (χ4v) is 5.17. The van der Waals surface area contributed by atoms with E-state index < -0.39 is 15.9 Å². The number of sulfonamides is 1. The predicted octanol–water partition coefficient (Wildman–Crippen LogP) is 2.36. The molecule has 152 valence electrons. The van der Waals surface area contributed by atoms with Crippen LogP contribution in [0, 0.1) is 6.92 Å². The number of carbonyl (C=O) groups is 1. The third-order valence-corrected chi connectivity index (χ3v) is 6.62. The van der Waals surface area contributed by atoms with Gasteiger partial charge in [-0.3, -0.25) is 4.79 Å². The lowest BCUT2D eigenvalue weighted by molar-refractivity contribution is -0.0440. The first-order valence-corrected chi connectivity index (χ1v) is 10.6.